The molecule has 1 aromatic carbocycles. The topological polar surface area (TPSA) is 49.9 Å². The fraction of sp³-hybridized carbons (Fsp3) is 0.538. The molecule has 0 amide bonds. The second kappa shape index (κ2) is 6.87. The highest BCUT2D eigenvalue weighted by Gasteiger charge is 2.23. The smallest absolute Gasteiger partial charge is 0.244 e. The van der Waals surface area contributed by atoms with Crippen LogP contribution in [0, 0.1) is 0 Å². The van der Waals surface area contributed by atoms with Crippen LogP contribution < -0.4 is 0 Å². The van der Waals surface area contributed by atoms with E-state index in [0.29, 0.717) is 26.3 Å². The fourth-order valence-corrected chi connectivity index (χ4v) is 3.70. The number of nitrogens with zero attached hydrogens (tertiary/aromatic N) is 2. The zero-order chi connectivity index (χ0) is 14.6. The molecule has 0 radical (unpaired) electrons. The predicted molar refractivity (Wildman–Crippen MR) is 78.5 cm³/mol. The molecule has 0 N–H and O–H groups in total. The van der Waals surface area contributed by atoms with Crippen molar-refractivity contribution in [2.75, 3.05) is 46.4 Å². The van der Waals surface area contributed by atoms with Gasteiger partial charge in [0.25, 0.3) is 0 Å². The number of ether oxygens (including phenoxy) is 1. The number of benzene rings is 1. The Hall–Kier alpha value is -0.660. The summed E-state index contributed by atoms with van der Waals surface area (Å²) in [6, 6.07) is 6.51. The lowest BCUT2D eigenvalue weighted by molar-refractivity contribution is 0.0368. The van der Waals surface area contributed by atoms with Gasteiger partial charge in [-0.05, 0) is 12.1 Å². The molecule has 1 aliphatic heterocycles. The zero-order valence-electron chi connectivity index (χ0n) is 11.5. The van der Waals surface area contributed by atoms with E-state index in [-0.39, 0.29) is 9.92 Å². The van der Waals surface area contributed by atoms with Crippen molar-refractivity contribution in [2.24, 2.45) is 0 Å². The standard InChI is InChI=1S/C13H19ClN2O3S/c1-15(6-7-16-8-10-19-11-9-16)20(17,18)13-5-3-2-4-12(13)14/h2-5H,6-11H2,1H3. The Bertz CT molecular complexity index is 544. The van der Waals surface area contributed by atoms with Crippen molar-refractivity contribution in [3.05, 3.63) is 29.3 Å². The van der Waals surface area contributed by atoms with Gasteiger partial charge in [0.15, 0.2) is 0 Å². The maximum atomic E-state index is 12.4. The van der Waals surface area contributed by atoms with Crippen LogP contribution in [0.3, 0.4) is 0 Å². The molecule has 0 aromatic heterocycles. The van der Waals surface area contributed by atoms with Crippen molar-refractivity contribution in [3.63, 3.8) is 0 Å². The second-order valence-corrected chi connectivity index (χ2v) is 7.13. The maximum Gasteiger partial charge on any atom is 0.244 e. The minimum atomic E-state index is -3.53. The molecule has 1 heterocycles. The van der Waals surface area contributed by atoms with E-state index in [4.69, 9.17) is 16.3 Å². The van der Waals surface area contributed by atoms with Crippen LogP contribution in [0.2, 0.25) is 5.02 Å². The van der Waals surface area contributed by atoms with Crippen molar-refractivity contribution < 1.29 is 13.2 Å². The van der Waals surface area contributed by atoms with Gasteiger partial charge in [-0.25, -0.2) is 8.42 Å². The molecule has 1 fully saturated rings. The molecular formula is C13H19ClN2O3S. The fourth-order valence-electron chi connectivity index (χ4n) is 2.05. The number of hydrogen-bond acceptors (Lipinski definition) is 4. The molecular weight excluding hydrogens is 300 g/mol. The lowest BCUT2D eigenvalue weighted by Gasteiger charge is -2.28. The third-order valence-electron chi connectivity index (χ3n) is 3.36. The zero-order valence-corrected chi connectivity index (χ0v) is 13.0. The molecule has 1 saturated heterocycles. The van der Waals surface area contributed by atoms with Gasteiger partial charge in [0.05, 0.1) is 18.2 Å². The maximum absolute atomic E-state index is 12.4. The summed E-state index contributed by atoms with van der Waals surface area (Å²) in [6.07, 6.45) is 0. The summed E-state index contributed by atoms with van der Waals surface area (Å²) in [5.74, 6) is 0. The van der Waals surface area contributed by atoms with Crippen LogP contribution in [0.25, 0.3) is 0 Å². The molecule has 0 atom stereocenters. The third kappa shape index (κ3) is 3.71. The van der Waals surface area contributed by atoms with Gasteiger partial charge in [-0.2, -0.15) is 4.31 Å². The van der Waals surface area contributed by atoms with E-state index in [1.165, 1.54) is 10.4 Å². The number of rotatable bonds is 5. The quantitative estimate of drug-likeness (QED) is 0.821. The molecule has 7 heteroatoms. The van der Waals surface area contributed by atoms with Gasteiger partial charge in [-0.3, -0.25) is 4.90 Å². The molecule has 112 valence electrons. The minimum Gasteiger partial charge on any atom is -0.379 e. The van der Waals surface area contributed by atoms with Gasteiger partial charge in [0, 0.05) is 33.2 Å². The molecule has 0 saturated carbocycles. The number of sulfonamides is 1. The first-order valence-electron chi connectivity index (χ1n) is 6.53. The highest BCUT2D eigenvalue weighted by molar-refractivity contribution is 7.89. The Labute approximate surface area is 125 Å². The lowest BCUT2D eigenvalue weighted by atomic mass is 10.4. The first-order chi connectivity index (χ1) is 9.51. The SMILES string of the molecule is CN(CCN1CCOCC1)S(=O)(=O)c1ccccc1Cl. The van der Waals surface area contributed by atoms with Crippen LogP contribution in [-0.4, -0.2) is 64.1 Å². The highest BCUT2D eigenvalue weighted by atomic mass is 35.5. The van der Waals surface area contributed by atoms with Gasteiger partial charge in [-0.15, -0.1) is 0 Å². The van der Waals surface area contributed by atoms with Crippen LogP contribution in [0.4, 0.5) is 0 Å². The van der Waals surface area contributed by atoms with Gasteiger partial charge in [0.2, 0.25) is 10.0 Å². The van der Waals surface area contributed by atoms with E-state index in [9.17, 15) is 8.42 Å². The van der Waals surface area contributed by atoms with Gasteiger partial charge < -0.3 is 4.74 Å². The Morgan fingerprint density at radius 3 is 2.60 bits per heavy atom. The largest absolute Gasteiger partial charge is 0.379 e. The van der Waals surface area contributed by atoms with E-state index >= 15 is 0 Å². The van der Waals surface area contributed by atoms with E-state index in [1.54, 1.807) is 25.2 Å². The van der Waals surface area contributed by atoms with Crippen LogP contribution in [-0.2, 0) is 14.8 Å². The third-order valence-corrected chi connectivity index (χ3v) is 5.72. The minimum absolute atomic E-state index is 0.158. The molecule has 5 nitrogen and oxygen atoms in total. The van der Waals surface area contributed by atoms with E-state index in [2.05, 4.69) is 4.90 Å². The molecule has 0 spiro atoms. The second-order valence-electron chi connectivity index (χ2n) is 4.71. The first-order valence-corrected chi connectivity index (χ1v) is 8.34. The van der Waals surface area contributed by atoms with E-state index in [1.807, 2.05) is 0 Å². The van der Waals surface area contributed by atoms with Crippen LogP contribution in [0.15, 0.2) is 29.2 Å². The Kier molecular flexibility index (Phi) is 5.40. The molecule has 0 aliphatic carbocycles. The summed E-state index contributed by atoms with van der Waals surface area (Å²) in [5.41, 5.74) is 0. The Morgan fingerprint density at radius 1 is 1.30 bits per heavy atom. The van der Waals surface area contributed by atoms with E-state index < -0.39 is 10.0 Å². The van der Waals surface area contributed by atoms with Gasteiger partial charge in [0.1, 0.15) is 4.90 Å². The average molecular weight is 319 g/mol. The molecule has 1 aromatic rings. The summed E-state index contributed by atoms with van der Waals surface area (Å²) in [5, 5.41) is 0.255. The number of halogens is 1. The van der Waals surface area contributed by atoms with Crippen LogP contribution in [0.1, 0.15) is 0 Å². The Balaban J connectivity index is 2.00. The number of likely N-dealkylation sites (N-methyl/N-ethyl adjacent to an activating group) is 1. The molecule has 0 unspecified atom stereocenters. The number of morpholine rings is 1. The van der Waals surface area contributed by atoms with Crippen LogP contribution >= 0.6 is 11.6 Å². The summed E-state index contributed by atoms with van der Waals surface area (Å²) >= 11 is 5.97. The summed E-state index contributed by atoms with van der Waals surface area (Å²) in [7, 11) is -1.94. The van der Waals surface area contributed by atoms with E-state index in [0.717, 1.165) is 13.1 Å². The number of hydrogen-bond donors (Lipinski definition) is 0. The van der Waals surface area contributed by atoms with Crippen molar-refractivity contribution >= 4 is 21.6 Å². The molecule has 20 heavy (non-hydrogen) atoms. The van der Waals surface area contributed by atoms with Crippen molar-refractivity contribution in [1.29, 1.82) is 0 Å². The first kappa shape index (κ1) is 15.7. The lowest BCUT2D eigenvalue weighted by Crippen LogP contribution is -2.41. The molecule has 1 aliphatic rings. The monoisotopic (exact) mass is 318 g/mol. The van der Waals surface area contributed by atoms with Gasteiger partial charge >= 0.3 is 0 Å². The normalized spacial score (nSPS) is 17.6. The molecule has 2 rings (SSSR count). The molecule has 0 bridgehead atoms. The average Bonchev–Trinajstić information content (AvgIpc) is 2.46. The highest BCUT2D eigenvalue weighted by Crippen LogP contribution is 2.23. The summed E-state index contributed by atoms with van der Waals surface area (Å²) < 4.78 is 31.5. The van der Waals surface area contributed by atoms with Crippen LogP contribution in [0.5, 0.6) is 0 Å². The van der Waals surface area contributed by atoms with Gasteiger partial charge in [-0.1, -0.05) is 23.7 Å². The Morgan fingerprint density at radius 2 is 1.95 bits per heavy atom. The summed E-state index contributed by atoms with van der Waals surface area (Å²) in [6.45, 7) is 4.25. The van der Waals surface area contributed by atoms with Crippen molar-refractivity contribution in [1.82, 2.24) is 9.21 Å². The van der Waals surface area contributed by atoms with Crippen molar-refractivity contribution in [2.45, 2.75) is 4.90 Å². The predicted octanol–water partition coefficient (Wildman–Crippen LogP) is 1.29. The van der Waals surface area contributed by atoms with Crippen molar-refractivity contribution in [3.8, 4) is 0 Å². The summed E-state index contributed by atoms with van der Waals surface area (Å²) in [4.78, 5) is 2.36.